The number of piperidine rings is 2. The largest absolute Gasteiger partial charge is 0.468 e. The van der Waals surface area contributed by atoms with Gasteiger partial charge in [-0.05, 0) is 57.4 Å². The number of ether oxygens (including phenoxy) is 3. The van der Waals surface area contributed by atoms with E-state index in [1.807, 2.05) is 30.3 Å². The van der Waals surface area contributed by atoms with Gasteiger partial charge in [0, 0.05) is 32.6 Å². The van der Waals surface area contributed by atoms with Gasteiger partial charge >= 0.3 is 18.2 Å². The molecule has 38 heavy (non-hydrogen) atoms. The van der Waals surface area contributed by atoms with Crippen LogP contribution in [0.1, 0.15) is 71.8 Å². The summed E-state index contributed by atoms with van der Waals surface area (Å²) < 4.78 is 16.0. The Morgan fingerprint density at radius 1 is 0.947 bits per heavy atom. The van der Waals surface area contributed by atoms with Gasteiger partial charge in [-0.15, -0.1) is 0 Å². The molecule has 1 unspecified atom stereocenters. The highest BCUT2D eigenvalue weighted by Crippen LogP contribution is 2.40. The first-order valence-electron chi connectivity index (χ1n) is 13.4. The second-order valence-corrected chi connectivity index (χ2v) is 11.8. The fourth-order valence-corrected chi connectivity index (χ4v) is 5.25. The number of hydrogen-bond acceptors (Lipinski definition) is 7. The molecule has 2 amide bonds. The van der Waals surface area contributed by atoms with E-state index in [0.29, 0.717) is 25.9 Å². The van der Waals surface area contributed by atoms with Crippen LogP contribution in [0.15, 0.2) is 30.3 Å². The van der Waals surface area contributed by atoms with E-state index >= 15 is 0 Å². The van der Waals surface area contributed by atoms with E-state index in [2.05, 4.69) is 6.92 Å². The van der Waals surface area contributed by atoms with Crippen molar-refractivity contribution in [1.82, 2.24) is 9.80 Å². The number of amides is 2. The van der Waals surface area contributed by atoms with Gasteiger partial charge in [-0.3, -0.25) is 9.59 Å². The van der Waals surface area contributed by atoms with Gasteiger partial charge in [0.15, 0.2) is 5.78 Å². The smallest absolute Gasteiger partial charge is 0.410 e. The highest BCUT2D eigenvalue weighted by Gasteiger charge is 2.51. The molecular weight excluding hydrogens is 488 g/mol. The van der Waals surface area contributed by atoms with Crippen LogP contribution in [0.3, 0.4) is 0 Å². The van der Waals surface area contributed by atoms with Gasteiger partial charge in [-0.2, -0.15) is 0 Å². The van der Waals surface area contributed by atoms with Gasteiger partial charge in [-0.1, -0.05) is 43.7 Å². The molecule has 1 aromatic carbocycles. The first kappa shape index (κ1) is 29.5. The molecule has 210 valence electrons. The van der Waals surface area contributed by atoms with Crippen molar-refractivity contribution in [1.29, 1.82) is 0 Å². The summed E-state index contributed by atoms with van der Waals surface area (Å²) in [5.41, 5.74) is -1.15. The molecule has 2 aliphatic heterocycles. The Hall–Kier alpha value is -3.10. The van der Waals surface area contributed by atoms with Gasteiger partial charge in [0.1, 0.15) is 17.6 Å². The number of Topliss-reactive ketones (excluding diaryl/α,β-unsaturated/α-hetero) is 1. The van der Waals surface area contributed by atoms with Crippen molar-refractivity contribution in [2.24, 2.45) is 10.8 Å². The molecule has 0 N–H and O–H groups in total. The summed E-state index contributed by atoms with van der Waals surface area (Å²) in [4.78, 5) is 54.4. The van der Waals surface area contributed by atoms with E-state index in [4.69, 9.17) is 14.2 Å². The number of likely N-dealkylation sites (tertiary alicyclic amines) is 2. The molecule has 0 saturated carbocycles. The lowest BCUT2D eigenvalue weighted by Gasteiger charge is -2.41. The van der Waals surface area contributed by atoms with E-state index < -0.39 is 23.1 Å². The number of rotatable bonds is 7. The van der Waals surface area contributed by atoms with Crippen LogP contribution in [0.4, 0.5) is 9.59 Å². The van der Waals surface area contributed by atoms with Crippen LogP contribution < -0.4 is 0 Å². The standard InChI is InChI=1S/C29H42N2O7/c1-27(2,3)38-26(35)31-17-12-23(32)29(21-31,24(33)36-5)14-9-13-28(4)15-18-30(19-16-28)25(34)37-20-22-10-7-6-8-11-22/h6-8,10-11H,9,12-21H2,1-5H3. The number of benzene rings is 1. The Balaban J connectivity index is 1.55. The van der Waals surface area contributed by atoms with Gasteiger partial charge in [0.25, 0.3) is 0 Å². The molecule has 0 spiro atoms. The number of methoxy groups -OCH3 is 1. The van der Waals surface area contributed by atoms with Crippen LogP contribution in [0, 0.1) is 10.8 Å². The first-order chi connectivity index (χ1) is 17.9. The topological polar surface area (TPSA) is 102 Å². The Kier molecular flexibility index (Phi) is 9.44. The van der Waals surface area contributed by atoms with E-state index in [-0.39, 0.29) is 43.4 Å². The Morgan fingerprint density at radius 2 is 1.61 bits per heavy atom. The van der Waals surface area contributed by atoms with Crippen molar-refractivity contribution in [2.45, 2.75) is 78.4 Å². The van der Waals surface area contributed by atoms with Crippen molar-refractivity contribution in [3.05, 3.63) is 35.9 Å². The Morgan fingerprint density at radius 3 is 2.21 bits per heavy atom. The van der Waals surface area contributed by atoms with Crippen LogP contribution in [-0.4, -0.2) is 72.6 Å². The highest BCUT2D eigenvalue weighted by atomic mass is 16.6. The minimum atomic E-state index is -1.39. The maximum absolute atomic E-state index is 13.1. The second kappa shape index (κ2) is 12.2. The third-order valence-electron chi connectivity index (χ3n) is 7.65. The van der Waals surface area contributed by atoms with Gasteiger partial charge in [0.05, 0.1) is 7.11 Å². The molecule has 0 aromatic heterocycles. The van der Waals surface area contributed by atoms with Crippen molar-refractivity contribution in [3.8, 4) is 0 Å². The number of nitrogens with zero attached hydrogens (tertiary/aromatic N) is 2. The zero-order valence-corrected chi connectivity index (χ0v) is 23.4. The van der Waals surface area contributed by atoms with Crippen LogP contribution >= 0.6 is 0 Å². The summed E-state index contributed by atoms with van der Waals surface area (Å²) in [7, 11) is 1.28. The van der Waals surface area contributed by atoms with Crippen molar-refractivity contribution < 1.29 is 33.4 Å². The molecule has 9 nitrogen and oxygen atoms in total. The van der Waals surface area contributed by atoms with Gasteiger partial charge in [0.2, 0.25) is 0 Å². The maximum atomic E-state index is 13.1. The van der Waals surface area contributed by atoms with Crippen molar-refractivity contribution >= 4 is 23.9 Å². The van der Waals surface area contributed by atoms with Gasteiger partial charge < -0.3 is 24.0 Å². The number of carbonyl (C=O) groups excluding carboxylic acids is 4. The predicted molar refractivity (Wildman–Crippen MR) is 141 cm³/mol. The van der Waals surface area contributed by atoms with Gasteiger partial charge in [-0.25, -0.2) is 9.59 Å². The second-order valence-electron chi connectivity index (χ2n) is 11.8. The van der Waals surface area contributed by atoms with Crippen molar-refractivity contribution in [3.63, 3.8) is 0 Å². The molecule has 1 atom stereocenters. The van der Waals surface area contributed by atoms with Crippen molar-refractivity contribution in [2.75, 3.05) is 33.3 Å². The number of esters is 1. The van der Waals surface area contributed by atoms with Crippen LogP contribution in [0.25, 0.3) is 0 Å². The molecule has 0 aliphatic carbocycles. The Labute approximate surface area is 225 Å². The molecule has 2 heterocycles. The molecule has 2 fully saturated rings. The minimum absolute atomic E-state index is 0.0317. The lowest BCUT2D eigenvalue weighted by Crippen LogP contribution is -2.56. The monoisotopic (exact) mass is 530 g/mol. The predicted octanol–water partition coefficient (Wildman–Crippen LogP) is 4.96. The molecule has 1 aromatic rings. The summed E-state index contributed by atoms with van der Waals surface area (Å²) in [6.45, 7) is 9.14. The number of hydrogen-bond donors (Lipinski definition) is 0. The summed E-state index contributed by atoms with van der Waals surface area (Å²) >= 11 is 0. The van der Waals surface area contributed by atoms with E-state index in [0.717, 1.165) is 24.8 Å². The average molecular weight is 531 g/mol. The number of carbonyl (C=O) groups is 4. The van der Waals surface area contributed by atoms with Crippen LogP contribution in [0.5, 0.6) is 0 Å². The summed E-state index contributed by atoms with van der Waals surface area (Å²) in [5.74, 6) is -0.790. The zero-order chi connectivity index (χ0) is 28.0. The molecule has 2 aliphatic rings. The molecule has 3 rings (SSSR count). The third kappa shape index (κ3) is 7.48. The molecule has 0 radical (unpaired) electrons. The fourth-order valence-electron chi connectivity index (χ4n) is 5.25. The lowest BCUT2D eigenvalue weighted by molar-refractivity contribution is -0.162. The summed E-state index contributed by atoms with van der Waals surface area (Å²) in [5, 5.41) is 0. The van der Waals surface area contributed by atoms with E-state index in [1.54, 1.807) is 25.7 Å². The summed E-state index contributed by atoms with van der Waals surface area (Å²) in [6, 6.07) is 9.59. The quantitative estimate of drug-likeness (QED) is 0.279. The fraction of sp³-hybridized carbons (Fsp3) is 0.655. The Bertz CT molecular complexity index is 986. The zero-order valence-electron chi connectivity index (χ0n) is 23.4. The molecular formula is C29H42N2O7. The minimum Gasteiger partial charge on any atom is -0.468 e. The molecule has 2 saturated heterocycles. The SMILES string of the molecule is COC(=O)C1(CCCC2(C)CCN(C(=O)OCc3ccccc3)CC2)CN(C(=O)OC(C)(C)C)CCC1=O. The number of ketones is 1. The maximum Gasteiger partial charge on any atom is 0.410 e. The lowest BCUT2D eigenvalue weighted by atomic mass is 9.71. The summed E-state index contributed by atoms with van der Waals surface area (Å²) in [6.07, 6.45) is 2.57. The van der Waals surface area contributed by atoms with Crippen LogP contribution in [-0.2, 0) is 30.4 Å². The highest BCUT2D eigenvalue weighted by molar-refractivity contribution is 6.05. The molecule has 0 bridgehead atoms. The average Bonchev–Trinajstić information content (AvgIpc) is 2.88. The normalized spacial score (nSPS) is 21.6. The van der Waals surface area contributed by atoms with E-state index in [1.165, 1.54) is 12.0 Å². The first-order valence-corrected chi connectivity index (χ1v) is 13.4. The molecule has 9 heteroatoms. The third-order valence-corrected chi connectivity index (χ3v) is 7.65. The van der Waals surface area contributed by atoms with Crippen LogP contribution in [0.2, 0.25) is 0 Å². The van der Waals surface area contributed by atoms with E-state index in [9.17, 15) is 19.2 Å².